The molecule has 2 aliphatic heterocycles. The monoisotopic (exact) mass is 346 g/mol. The Kier molecular flexibility index (Phi) is 4.03. The van der Waals surface area contributed by atoms with Crippen LogP contribution in [0.2, 0.25) is 0 Å². The zero-order valence-corrected chi connectivity index (χ0v) is 14.7. The molecule has 2 aromatic carbocycles. The van der Waals surface area contributed by atoms with Gasteiger partial charge in [-0.2, -0.15) is 0 Å². The minimum atomic E-state index is 0.237. The van der Waals surface area contributed by atoms with Crippen molar-refractivity contribution in [1.82, 2.24) is 14.9 Å². The van der Waals surface area contributed by atoms with Crippen molar-refractivity contribution in [3.63, 3.8) is 0 Å². The first-order valence-corrected chi connectivity index (χ1v) is 9.23. The standard InChI is InChI=1S/C21H22N4O/c1-2-6-16(7-3-1)12-24-10-11-26-20-14-25(13-19(20)24)21-17-8-4-5-9-18(17)22-15-23-21/h1-9,15,19-20H,10-14H2. The van der Waals surface area contributed by atoms with Gasteiger partial charge in [0.1, 0.15) is 12.1 Å². The van der Waals surface area contributed by atoms with E-state index >= 15 is 0 Å². The van der Waals surface area contributed by atoms with Crippen molar-refractivity contribution in [2.75, 3.05) is 31.1 Å². The molecule has 0 bridgehead atoms. The third kappa shape index (κ3) is 2.83. The molecule has 0 saturated carbocycles. The second-order valence-corrected chi connectivity index (χ2v) is 7.05. The molecule has 5 rings (SSSR count). The Labute approximate surface area is 153 Å². The van der Waals surface area contributed by atoms with Crippen LogP contribution in [-0.4, -0.2) is 53.3 Å². The Morgan fingerprint density at radius 2 is 1.81 bits per heavy atom. The van der Waals surface area contributed by atoms with Crippen LogP contribution < -0.4 is 4.90 Å². The van der Waals surface area contributed by atoms with Gasteiger partial charge in [0.2, 0.25) is 0 Å². The van der Waals surface area contributed by atoms with Crippen LogP contribution in [0.3, 0.4) is 0 Å². The van der Waals surface area contributed by atoms with Gasteiger partial charge in [0.25, 0.3) is 0 Å². The predicted molar refractivity (Wildman–Crippen MR) is 102 cm³/mol. The molecule has 2 atom stereocenters. The van der Waals surface area contributed by atoms with Crippen LogP contribution in [-0.2, 0) is 11.3 Å². The van der Waals surface area contributed by atoms with E-state index in [9.17, 15) is 0 Å². The van der Waals surface area contributed by atoms with Gasteiger partial charge in [0.15, 0.2) is 0 Å². The quantitative estimate of drug-likeness (QED) is 0.729. The number of nitrogens with zero attached hydrogens (tertiary/aromatic N) is 4. The van der Waals surface area contributed by atoms with E-state index < -0.39 is 0 Å². The Bertz CT molecular complexity index is 895. The molecule has 132 valence electrons. The van der Waals surface area contributed by atoms with Crippen molar-refractivity contribution in [1.29, 1.82) is 0 Å². The molecule has 3 heterocycles. The summed E-state index contributed by atoms with van der Waals surface area (Å²) in [5, 5.41) is 1.11. The number of ether oxygens (including phenoxy) is 1. The van der Waals surface area contributed by atoms with Crippen molar-refractivity contribution < 1.29 is 4.74 Å². The molecule has 2 fully saturated rings. The third-order valence-electron chi connectivity index (χ3n) is 5.47. The lowest BCUT2D eigenvalue weighted by Crippen LogP contribution is -2.50. The van der Waals surface area contributed by atoms with Crippen molar-refractivity contribution in [2.45, 2.75) is 18.7 Å². The molecule has 0 amide bonds. The zero-order valence-electron chi connectivity index (χ0n) is 14.7. The Hall–Kier alpha value is -2.50. The van der Waals surface area contributed by atoms with E-state index in [1.807, 2.05) is 12.1 Å². The predicted octanol–water partition coefficient (Wildman–Crippen LogP) is 2.72. The maximum atomic E-state index is 6.11. The van der Waals surface area contributed by atoms with Crippen molar-refractivity contribution in [3.8, 4) is 0 Å². The highest BCUT2D eigenvalue weighted by atomic mass is 16.5. The van der Waals surface area contributed by atoms with E-state index in [1.54, 1.807) is 6.33 Å². The summed E-state index contributed by atoms with van der Waals surface area (Å²) in [5.41, 5.74) is 2.36. The minimum Gasteiger partial charge on any atom is -0.373 e. The second kappa shape index (κ2) is 6.67. The topological polar surface area (TPSA) is 41.5 Å². The number of para-hydroxylation sites is 1. The summed E-state index contributed by atoms with van der Waals surface area (Å²) in [7, 11) is 0. The fraction of sp³-hybridized carbons (Fsp3) is 0.333. The largest absolute Gasteiger partial charge is 0.373 e. The second-order valence-electron chi connectivity index (χ2n) is 7.05. The molecule has 2 saturated heterocycles. The number of rotatable bonds is 3. The van der Waals surface area contributed by atoms with Crippen LogP contribution >= 0.6 is 0 Å². The van der Waals surface area contributed by atoms with Crippen LogP contribution in [0, 0.1) is 0 Å². The van der Waals surface area contributed by atoms with Crippen LogP contribution in [0.1, 0.15) is 5.56 Å². The summed E-state index contributed by atoms with van der Waals surface area (Å²) in [6.45, 7) is 4.58. The maximum absolute atomic E-state index is 6.11. The first kappa shape index (κ1) is 15.7. The molecule has 26 heavy (non-hydrogen) atoms. The summed E-state index contributed by atoms with van der Waals surface area (Å²) in [6.07, 6.45) is 1.91. The van der Waals surface area contributed by atoms with Crippen LogP contribution in [0.4, 0.5) is 5.82 Å². The van der Waals surface area contributed by atoms with Crippen molar-refractivity contribution in [3.05, 3.63) is 66.5 Å². The van der Waals surface area contributed by atoms with Gasteiger partial charge in [-0.3, -0.25) is 4.90 Å². The Morgan fingerprint density at radius 3 is 2.73 bits per heavy atom. The third-order valence-corrected chi connectivity index (χ3v) is 5.47. The highest BCUT2D eigenvalue weighted by Crippen LogP contribution is 2.30. The van der Waals surface area contributed by atoms with E-state index in [0.717, 1.165) is 49.5 Å². The molecule has 3 aromatic rings. The SMILES string of the molecule is c1ccc(CN2CCOC3CN(c4ncnc5ccccc45)CC32)cc1. The molecule has 0 spiro atoms. The van der Waals surface area contributed by atoms with Gasteiger partial charge < -0.3 is 9.64 Å². The number of fused-ring (bicyclic) bond motifs is 2. The summed E-state index contributed by atoms with van der Waals surface area (Å²) < 4.78 is 6.11. The average molecular weight is 346 g/mol. The average Bonchev–Trinajstić information content (AvgIpc) is 3.13. The molecule has 5 nitrogen and oxygen atoms in total. The smallest absolute Gasteiger partial charge is 0.140 e. The fourth-order valence-corrected chi connectivity index (χ4v) is 4.19. The van der Waals surface area contributed by atoms with Gasteiger partial charge in [0, 0.05) is 31.6 Å². The lowest BCUT2D eigenvalue weighted by atomic mass is 10.1. The normalized spacial score (nSPS) is 23.3. The number of aromatic nitrogens is 2. The molecule has 1 aromatic heterocycles. The van der Waals surface area contributed by atoms with Gasteiger partial charge >= 0.3 is 0 Å². The van der Waals surface area contributed by atoms with Crippen LogP contribution in [0.25, 0.3) is 10.9 Å². The summed E-state index contributed by atoms with van der Waals surface area (Å²) in [6, 6.07) is 19.3. The number of anilines is 1. The maximum Gasteiger partial charge on any atom is 0.140 e. The Balaban J connectivity index is 1.41. The van der Waals surface area contributed by atoms with Gasteiger partial charge in [-0.05, 0) is 17.7 Å². The van der Waals surface area contributed by atoms with Gasteiger partial charge in [-0.25, -0.2) is 9.97 Å². The van der Waals surface area contributed by atoms with Gasteiger partial charge in [-0.15, -0.1) is 0 Å². The van der Waals surface area contributed by atoms with Crippen molar-refractivity contribution >= 4 is 16.7 Å². The summed E-state index contributed by atoms with van der Waals surface area (Å²) >= 11 is 0. The fourth-order valence-electron chi connectivity index (χ4n) is 4.19. The minimum absolute atomic E-state index is 0.237. The molecular formula is C21H22N4O. The summed E-state index contributed by atoms with van der Waals surface area (Å²) in [4.78, 5) is 13.9. The molecule has 2 unspecified atom stereocenters. The number of hydrogen-bond donors (Lipinski definition) is 0. The Morgan fingerprint density at radius 1 is 0.962 bits per heavy atom. The molecule has 0 aliphatic carbocycles. The highest BCUT2D eigenvalue weighted by molar-refractivity contribution is 5.89. The molecule has 0 radical (unpaired) electrons. The van der Waals surface area contributed by atoms with Gasteiger partial charge in [-0.1, -0.05) is 42.5 Å². The molecule has 0 N–H and O–H groups in total. The first-order chi connectivity index (χ1) is 12.9. The molecule has 5 heteroatoms. The van der Waals surface area contributed by atoms with E-state index in [0.29, 0.717) is 6.04 Å². The number of morpholine rings is 1. The highest BCUT2D eigenvalue weighted by Gasteiger charge is 2.40. The van der Waals surface area contributed by atoms with Gasteiger partial charge in [0.05, 0.1) is 24.3 Å². The van der Waals surface area contributed by atoms with E-state index in [-0.39, 0.29) is 6.10 Å². The van der Waals surface area contributed by atoms with Crippen LogP contribution in [0.15, 0.2) is 60.9 Å². The van der Waals surface area contributed by atoms with E-state index in [2.05, 4.69) is 62.2 Å². The first-order valence-electron chi connectivity index (χ1n) is 9.23. The lowest BCUT2D eigenvalue weighted by Gasteiger charge is -2.36. The molecule has 2 aliphatic rings. The number of hydrogen-bond acceptors (Lipinski definition) is 5. The lowest BCUT2D eigenvalue weighted by molar-refractivity contribution is -0.0499. The van der Waals surface area contributed by atoms with E-state index in [1.165, 1.54) is 5.56 Å². The van der Waals surface area contributed by atoms with Crippen LogP contribution in [0.5, 0.6) is 0 Å². The molecular weight excluding hydrogens is 324 g/mol. The summed E-state index contributed by atoms with van der Waals surface area (Å²) in [5.74, 6) is 1.02. The zero-order chi connectivity index (χ0) is 17.3. The number of benzene rings is 2. The van der Waals surface area contributed by atoms with E-state index in [4.69, 9.17) is 4.74 Å². The van der Waals surface area contributed by atoms with Crippen molar-refractivity contribution in [2.24, 2.45) is 0 Å².